The molecular weight excluding hydrogens is 540 g/mol. The first kappa shape index (κ1) is 30.8. The molecule has 0 atom stereocenters. The molecule has 0 saturated carbocycles. The molecule has 3 amide bonds. The van der Waals surface area contributed by atoms with E-state index in [4.69, 9.17) is 9.97 Å². The van der Waals surface area contributed by atoms with Crippen molar-refractivity contribution >= 4 is 29.4 Å². The summed E-state index contributed by atoms with van der Waals surface area (Å²) in [5.74, 6) is -1.39. The van der Waals surface area contributed by atoms with Crippen LogP contribution in [0.1, 0.15) is 49.2 Å². The number of likely N-dealkylation sites (N-methyl/N-ethyl adjacent to an activating group) is 1. The smallest absolute Gasteiger partial charge is 0.328 e. The van der Waals surface area contributed by atoms with Crippen LogP contribution in [0.5, 0.6) is 0 Å². The number of hydrogen-bond acceptors (Lipinski definition) is 6. The van der Waals surface area contributed by atoms with Crippen molar-refractivity contribution in [3.8, 4) is 11.3 Å². The quantitative estimate of drug-likeness (QED) is 0.424. The Morgan fingerprint density at radius 3 is 2.26 bits per heavy atom. The Kier molecular flexibility index (Phi) is 9.72. The molecule has 9 nitrogen and oxygen atoms in total. The third-order valence-corrected chi connectivity index (χ3v) is 7.54. The number of amides is 3. The van der Waals surface area contributed by atoms with E-state index in [1.165, 1.54) is 6.07 Å². The first-order valence-corrected chi connectivity index (χ1v) is 14.5. The highest BCUT2D eigenvalue weighted by atomic mass is 19.1. The molecule has 0 unspecified atom stereocenters. The standard InChI is InChI=1S/C29H33F2N7O2.C2H6/c1-5-36(6-2)27(39)19-11-10-18(3)20(16-19)24-21-17-32-29(40)38(25-22(30)8-7-9-23(25)31)26(21)34-28(33-24)37-14-12-35(4)13-15-37;1-2/h7-11,16H,5-6,12-15,17H2,1-4H3,(H,32,40);1-2H3. The van der Waals surface area contributed by atoms with Gasteiger partial charge < -0.3 is 20.0 Å². The number of rotatable bonds is 6. The van der Waals surface area contributed by atoms with Gasteiger partial charge in [-0.15, -0.1) is 0 Å². The van der Waals surface area contributed by atoms with Crippen LogP contribution in [0.25, 0.3) is 11.3 Å². The zero-order chi connectivity index (χ0) is 30.6. The van der Waals surface area contributed by atoms with Gasteiger partial charge in [0.25, 0.3) is 5.91 Å². The fraction of sp³-hybridized carbons (Fsp3) is 0.419. The molecule has 3 heterocycles. The number of hydrogen-bond donors (Lipinski definition) is 1. The zero-order valence-electron chi connectivity index (χ0n) is 25.2. The highest BCUT2D eigenvalue weighted by Gasteiger charge is 2.35. The fourth-order valence-corrected chi connectivity index (χ4v) is 5.13. The third kappa shape index (κ3) is 5.92. The van der Waals surface area contributed by atoms with Gasteiger partial charge in [-0.05, 0) is 57.6 Å². The van der Waals surface area contributed by atoms with Gasteiger partial charge in [0.05, 0.1) is 12.2 Å². The number of nitrogens with one attached hydrogen (secondary N) is 1. The van der Waals surface area contributed by atoms with Crippen molar-refractivity contribution in [2.75, 3.05) is 56.1 Å². The average Bonchev–Trinajstić information content (AvgIpc) is 2.99. The van der Waals surface area contributed by atoms with Gasteiger partial charge in [0.1, 0.15) is 17.3 Å². The van der Waals surface area contributed by atoms with E-state index < -0.39 is 23.4 Å². The van der Waals surface area contributed by atoms with Crippen molar-refractivity contribution in [3.05, 3.63) is 64.7 Å². The van der Waals surface area contributed by atoms with Crippen LogP contribution < -0.4 is 15.1 Å². The molecule has 224 valence electrons. The lowest BCUT2D eigenvalue weighted by Gasteiger charge is -2.35. The monoisotopic (exact) mass is 579 g/mol. The van der Waals surface area contributed by atoms with E-state index in [1.807, 2.05) is 52.6 Å². The second kappa shape index (κ2) is 13.2. The fourth-order valence-electron chi connectivity index (χ4n) is 5.13. The summed E-state index contributed by atoms with van der Waals surface area (Å²) in [5, 5.41) is 2.73. The van der Waals surface area contributed by atoms with E-state index >= 15 is 8.78 Å². The van der Waals surface area contributed by atoms with Crippen LogP contribution >= 0.6 is 0 Å². The largest absolute Gasteiger partial charge is 0.339 e. The summed E-state index contributed by atoms with van der Waals surface area (Å²) in [7, 11) is 2.03. The molecule has 11 heteroatoms. The van der Waals surface area contributed by atoms with Crippen LogP contribution in [0.4, 0.5) is 31.0 Å². The summed E-state index contributed by atoms with van der Waals surface area (Å²) in [6.07, 6.45) is 0. The van der Waals surface area contributed by atoms with E-state index in [9.17, 15) is 9.59 Å². The molecule has 2 aromatic carbocycles. The third-order valence-electron chi connectivity index (χ3n) is 7.54. The molecule has 5 rings (SSSR count). The van der Waals surface area contributed by atoms with E-state index in [0.717, 1.165) is 35.7 Å². The maximum Gasteiger partial charge on any atom is 0.328 e. The number of fused-ring (bicyclic) bond motifs is 1. The Balaban J connectivity index is 0.00000198. The van der Waals surface area contributed by atoms with Crippen molar-refractivity contribution in [3.63, 3.8) is 0 Å². The van der Waals surface area contributed by atoms with Gasteiger partial charge in [0.2, 0.25) is 5.95 Å². The molecule has 0 bridgehead atoms. The van der Waals surface area contributed by atoms with Crippen LogP contribution in [-0.2, 0) is 6.54 Å². The Morgan fingerprint density at radius 2 is 1.64 bits per heavy atom. The van der Waals surface area contributed by atoms with Gasteiger partial charge in [-0.2, -0.15) is 4.98 Å². The van der Waals surface area contributed by atoms with Gasteiger partial charge in [-0.25, -0.2) is 23.5 Å². The van der Waals surface area contributed by atoms with E-state index in [2.05, 4.69) is 10.2 Å². The van der Waals surface area contributed by atoms with Crippen LogP contribution in [0.2, 0.25) is 0 Å². The highest BCUT2D eigenvalue weighted by Crippen LogP contribution is 2.40. The number of carbonyl (C=O) groups excluding carboxylic acids is 2. The summed E-state index contributed by atoms with van der Waals surface area (Å²) >= 11 is 0. The first-order chi connectivity index (χ1) is 20.2. The lowest BCUT2D eigenvalue weighted by molar-refractivity contribution is 0.0773. The molecule has 0 aliphatic carbocycles. The van der Waals surface area contributed by atoms with Crippen LogP contribution in [-0.4, -0.2) is 78.0 Å². The number of piperazine rings is 1. The van der Waals surface area contributed by atoms with Crippen LogP contribution in [0, 0.1) is 18.6 Å². The maximum atomic E-state index is 15.0. The molecule has 2 aliphatic heterocycles. The summed E-state index contributed by atoms with van der Waals surface area (Å²) in [6, 6.07) is 8.23. The Labute approximate surface area is 246 Å². The van der Waals surface area contributed by atoms with Crippen molar-refractivity contribution in [1.82, 2.24) is 25.1 Å². The molecule has 1 saturated heterocycles. The van der Waals surface area contributed by atoms with E-state index in [1.54, 1.807) is 17.0 Å². The van der Waals surface area contributed by atoms with Crippen molar-refractivity contribution in [2.24, 2.45) is 0 Å². The van der Waals surface area contributed by atoms with Crippen molar-refractivity contribution < 1.29 is 18.4 Å². The van der Waals surface area contributed by atoms with E-state index in [-0.39, 0.29) is 18.3 Å². The van der Waals surface area contributed by atoms with Crippen LogP contribution in [0.3, 0.4) is 0 Å². The number of carbonyl (C=O) groups is 2. The second-order valence-corrected chi connectivity index (χ2v) is 10.0. The number of para-hydroxylation sites is 1. The highest BCUT2D eigenvalue weighted by molar-refractivity contribution is 6.02. The lowest BCUT2D eigenvalue weighted by atomic mass is 9.97. The minimum Gasteiger partial charge on any atom is -0.339 e. The minimum atomic E-state index is -0.882. The van der Waals surface area contributed by atoms with Gasteiger partial charge in [0, 0.05) is 56.0 Å². The van der Waals surface area contributed by atoms with Gasteiger partial charge >= 0.3 is 6.03 Å². The molecule has 42 heavy (non-hydrogen) atoms. The van der Waals surface area contributed by atoms with Crippen molar-refractivity contribution in [2.45, 2.75) is 41.2 Å². The zero-order valence-corrected chi connectivity index (χ0v) is 25.2. The number of benzene rings is 2. The molecule has 3 aromatic rings. The molecule has 1 N–H and O–H groups in total. The number of urea groups is 1. The number of aryl methyl sites for hydroxylation is 1. The molecule has 1 aromatic heterocycles. The first-order valence-electron chi connectivity index (χ1n) is 14.5. The Hall–Kier alpha value is -4.12. The Morgan fingerprint density at radius 1 is 1.00 bits per heavy atom. The summed E-state index contributed by atoms with van der Waals surface area (Å²) in [5.41, 5.74) is 2.58. The van der Waals surface area contributed by atoms with E-state index in [0.29, 0.717) is 54.5 Å². The molecule has 0 spiro atoms. The Bertz CT molecular complexity index is 1430. The second-order valence-electron chi connectivity index (χ2n) is 10.0. The van der Waals surface area contributed by atoms with Crippen molar-refractivity contribution in [1.29, 1.82) is 0 Å². The summed E-state index contributed by atoms with van der Waals surface area (Å²) in [4.78, 5) is 42.9. The SMILES string of the molecule is CC.CCN(CC)C(=O)c1ccc(C)c(-c2nc(N3CCN(C)CC3)nc3c2CNC(=O)N3c2c(F)cccc2F)c1. The van der Waals surface area contributed by atoms with Crippen LogP contribution in [0.15, 0.2) is 36.4 Å². The van der Waals surface area contributed by atoms with Gasteiger partial charge in [-0.1, -0.05) is 26.0 Å². The van der Waals surface area contributed by atoms with Gasteiger partial charge in [0.15, 0.2) is 5.82 Å². The number of halogens is 2. The topological polar surface area (TPSA) is 84.9 Å². The molecule has 1 fully saturated rings. The maximum absolute atomic E-state index is 15.0. The number of anilines is 3. The molecular formula is C31H39F2N7O2. The summed E-state index contributed by atoms with van der Waals surface area (Å²) in [6.45, 7) is 13.9. The lowest BCUT2D eigenvalue weighted by Crippen LogP contribution is -2.46. The average molecular weight is 580 g/mol. The predicted molar refractivity (Wildman–Crippen MR) is 161 cm³/mol. The molecule has 2 aliphatic rings. The number of nitrogens with zero attached hydrogens (tertiary/aromatic N) is 6. The van der Waals surface area contributed by atoms with Gasteiger partial charge in [-0.3, -0.25) is 4.79 Å². The normalized spacial score (nSPS) is 15.0. The molecule has 0 radical (unpaired) electrons. The predicted octanol–water partition coefficient (Wildman–Crippen LogP) is 5.35. The summed E-state index contributed by atoms with van der Waals surface area (Å²) < 4.78 is 30.0. The minimum absolute atomic E-state index is 0.0623. The number of aromatic nitrogens is 2.